The molecule has 0 unspecified atom stereocenters. The van der Waals surface area contributed by atoms with Crippen molar-refractivity contribution in [1.82, 2.24) is 15.2 Å². The minimum Gasteiger partial charge on any atom is -0.306 e. The fourth-order valence-electron chi connectivity index (χ4n) is 1.01. The van der Waals surface area contributed by atoms with E-state index < -0.39 is 0 Å². The number of aromatic nitrogens is 3. The molecule has 6 heteroatoms. The van der Waals surface area contributed by atoms with E-state index >= 15 is 0 Å². The topological polar surface area (TPSA) is 70.7 Å². The van der Waals surface area contributed by atoms with Crippen LogP contribution in [0.5, 0.6) is 0 Å². The molecule has 2 aromatic heterocycles. The minimum atomic E-state index is -0.225. The van der Waals surface area contributed by atoms with Crippen LogP contribution in [0.4, 0.5) is 5.82 Å². The van der Waals surface area contributed by atoms with Gasteiger partial charge in [0.15, 0.2) is 0 Å². The summed E-state index contributed by atoms with van der Waals surface area (Å²) >= 11 is 2.15. The van der Waals surface area contributed by atoms with Gasteiger partial charge in [-0.2, -0.15) is 5.10 Å². The molecule has 0 fully saturated rings. The lowest BCUT2D eigenvalue weighted by molar-refractivity contribution is 0.102. The molecule has 2 aromatic rings. The normalized spacial score (nSPS) is 9.93. The van der Waals surface area contributed by atoms with Crippen molar-refractivity contribution in [3.8, 4) is 0 Å². The fourth-order valence-corrected chi connectivity index (χ4v) is 1.33. The van der Waals surface area contributed by atoms with Crippen molar-refractivity contribution >= 4 is 34.3 Å². The third kappa shape index (κ3) is 2.52. The van der Waals surface area contributed by atoms with E-state index in [1.807, 2.05) is 6.07 Å². The zero-order chi connectivity index (χ0) is 10.7. The second kappa shape index (κ2) is 4.39. The van der Waals surface area contributed by atoms with E-state index in [0.717, 1.165) is 3.57 Å². The highest BCUT2D eigenvalue weighted by atomic mass is 127. The maximum atomic E-state index is 11.5. The van der Waals surface area contributed by atoms with Crippen molar-refractivity contribution < 1.29 is 4.79 Å². The quantitative estimate of drug-likeness (QED) is 0.828. The summed E-state index contributed by atoms with van der Waals surface area (Å²) in [5.41, 5.74) is 0.482. The van der Waals surface area contributed by atoms with Crippen LogP contribution in [0, 0.1) is 3.57 Å². The summed E-state index contributed by atoms with van der Waals surface area (Å²) in [7, 11) is 0. The highest BCUT2D eigenvalue weighted by molar-refractivity contribution is 14.1. The van der Waals surface area contributed by atoms with Crippen LogP contribution in [-0.4, -0.2) is 21.1 Å². The first-order valence-corrected chi connectivity index (χ1v) is 5.25. The number of hydrogen-bond donors (Lipinski definition) is 2. The standard InChI is InChI=1S/C9H7IN4O/c10-7-1-2-8(11-5-7)14-9(15)6-3-12-13-4-6/h1-5H,(H,12,13)(H,11,14,15). The van der Waals surface area contributed by atoms with E-state index in [2.05, 4.69) is 43.1 Å². The highest BCUT2D eigenvalue weighted by Gasteiger charge is 2.06. The molecule has 0 radical (unpaired) electrons. The maximum absolute atomic E-state index is 11.5. The number of hydrogen-bond acceptors (Lipinski definition) is 3. The average molecular weight is 314 g/mol. The van der Waals surface area contributed by atoms with Crippen LogP contribution in [0.2, 0.25) is 0 Å². The Hall–Kier alpha value is -1.44. The SMILES string of the molecule is O=C(Nc1ccc(I)cn1)c1cn[nH]c1. The van der Waals surface area contributed by atoms with Gasteiger partial charge in [-0.15, -0.1) is 0 Å². The van der Waals surface area contributed by atoms with E-state index in [1.165, 1.54) is 12.4 Å². The summed E-state index contributed by atoms with van der Waals surface area (Å²) in [6.45, 7) is 0. The van der Waals surface area contributed by atoms with Gasteiger partial charge in [0.05, 0.1) is 11.8 Å². The number of nitrogens with zero attached hydrogens (tertiary/aromatic N) is 2. The van der Waals surface area contributed by atoms with Crippen LogP contribution in [-0.2, 0) is 0 Å². The number of anilines is 1. The largest absolute Gasteiger partial charge is 0.306 e. The molecule has 0 saturated heterocycles. The summed E-state index contributed by atoms with van der Waals surface area (Å²) in [6, 6.07) is 3.62. The Labute approximate surface area is 99.4 Å². The summed E-state index contributed by atoms with van der Waals surface area (Å²) in [4.78, 5) is 15.6. The molecule has 5 nitrogen and oxygen atoms in total. The van der Waals surface area contributed by atoms with Gasteiger partial charge in [0.25, 0.3) is 5.91 Å². The minimum absolute atomic E-state index is 0.225. The number of aromatic amines is 1. The molecule has 15 heavy (non-hydrogen) atoms. The van der Waals surface area contributed by atoms with Crippen molar-refractivity contribution in [3.05, 3.63) is 39.9 Å². The van der Waals surface area contributed by atoms with Crippen molar-refractivity contribution in [3.63, 3.8) is 0 Å². The predicted octanol–water partition coefficient (Wildman–Crippen LogP) is 1.66. The van der Waals surface area contributed by atoms with Crippen LogP contribution in [0.25, 0.3) is 0 Å². The lowest BCUT2D eigenvalue weighted by Gasteiger charge is -2.01. The van der Waals surface area contributed by atoms with Gasteiger partial charge in [-0.05, 0) is 34.7 Å². The summed E-state index contributed by atoms with van der Waals surface area (Å²) in [5, 5.41) is 8.92. The van der Waals surface area contributed by atoms with Gasteiger partial charge in [-0.3, -0.25) is 9.89 Å². The molecule has 2 N–H and O–H groups in total. The molecule has 0 aromatic carbocycles. The van der Waals surface area contributed by atoms with Gasteiger partial charge in [0, 0.05) is 16.0 Å². The van der Waals surface area contributed by atoms with Crippen molar-refractivity contribution in [2.45, 2.75) is 0 Å². The van der Waals surface area contributed by atoms with Crippen molar-refractivity contribution in [1.29, 1.82) is 0 Å². The van der Waals surface area contributed by atoms with E-state index in [1.54, 1.807) is 12.3 Å². The first kappa shape index (κ1) is 10.1. The van der Waals surface area contributed by atoms with Gasteiger partial charge in [-0.25, -0.2) is 4.98 Å². The molecule has 76 valence electrons. The third-order valence-corrected chi connectivity index (χ3v) is 2.37. The molecule has 1 amide bonds. The second-order valence-electron chi connectivity index (χ2n) is 2.80. The second-order valence-corrected chi connectivity index (χ2v) is 4.05. The maximum Gasteiger partial charge on any atom is 0.259 e. The molecule has 0 saturated carbocycles. The molecule has 0 aliphatic carbocycles. The van der Waals surface area contributed by atoms with Crippen LogP contribution in [0.15, 0.2) is 30.7 Å². The number of halogens is 1. The summed E-state index contributed by atoms with van der Waals surface area (Å²) in [6.07, 6.45) is 4.68. The smallest absolute Gasteiger partial charge is 0.259 e. The molecular formula is C9H7IN4O. The van der Waals surface area contributed by atoms with Crippen LogP contribution < -0.4 is 5.32 Å². The molecule has 2 heterocycles. The Kier molecular flexibility index (Phi) is 2.95. The molecule has 0 spiro atoms. The number of carbonyl (C=O) groups is 1. The first-order chi connectivity index (χ1) is 7.25. The van der Waals surface area contributed by atoms with E-state index in [4.69, 9.17) is 0 Å². The van der Waals surface area contributed by atoms with E-state index in [0.29, 0.717) is 11.4 Å². The number of amides is 1. The number of H-pyrrole nitrogens is 1. The lowest BCUT2D eigenvalue weighted by Crippen LogP contribution is -2.11. The summed E-state index contributed by atoms with van der Waals surface area (Å²) in [5.74, 6) is 0.305. The number of carbonyl (C=O) groups excluding carboxylic acids is 1. The molecule has 2 rings (SSSR count). The van der Waals surface area contributed by atoms with Gasteiger partial charge < -0.3 is 5.32 Å². The Bertz CT molecular complexity index is 451. The van der Waals surface area contributed by atoms with Gasteiger partial charge in [0.1, 0.15) is 5.82 Å². The molecule has 0 aliphatic heterocycles. The Balaban J connectivity index is 2.09. The third-order valence-electron chi connectivity index (χ3n) is 1.73. The first-order valence-electron chi connectivity index (χ1n) is 4.17. The number of rotatable bonds is 2. The van der Waals surface area contributed by atoms with Crippen LogP contribution >= 0.6 is 22.6 Å². The Morgan fingerprint density at radius 2 is 2.27 bits per heavy atom. The van der Waals surface area contributed by atoms with Gasteiger partial charge >= 0.3 is 0 Å². The van der Waals surface area contributed by atoms with Crippen LogP contribution in [0.1, 0.15) is 10.4 Å². The van der Waals surface area contributed by atoms with Gasteiger partial charge in [-0.1, -0.05) is 0 Å². The summed E-state index contributed by atoms with van der Waals surface area (Å²) < 4.78 is 1.02. The Morgan fingerprint density at radius 3 is 2.87 bits per heavy atom. The Morgan fingerprint density at radius 1 is 1.40 bits per heavy atom. The monoisotopic (exact) mass is 314 g/mol. The highest BCUT2D eigenvalue weighted by Crippen LogP contribution is 2.08. The fraction of sp³-hybridized carbons (Fsp3) is 0. The van der Waals surface area contributed by atoms with E-state index in [9.17, 15) is 4.79 Å². The molecule has 0 atom stereocenters. The number of pyridine rings is 1. The van der Waals surface area contributed by atoms with Crippen LogP contribution in [0.3, 0.4) is 0 Å². The van der Waals surface area contributed by atoms with Gasteiger partial charge in [0.2, 0.25) is 0 Å². The van der Waals surface area contributed by atoms with Crippen molar-refractivity contribution in [2.24, 2.45) is 0 Å². The molecule has 0 aliphatic rings. The predicted molar refractivity (Wildman–Crippen MR) is 63.5 cm³/mol. The van der Waals surface area contributed by atoms with E-state index in [-0.39, 0.29) is 5.91 Å². The lowest BCUT2D eigenvalue weighted by atomic mass is 10.3. The molecule has 0 bridgehead atoms. The number of nitrogens with one attached hydrogen (secondary N) is 2. The molecular weight excluding hydrogens is 307 g/mol. The van der Waals surface area contributed by atoms with Crippen molar-refractivity contribution in [2.75, 3.05) is 5.32 Å². The average Bonchev–Trinajstić information content (AvgIpc) is 2.74. The zero-order valence-electron chi connectivity index (χ0n) is 7.57. The zero-order valence-corrected chi connectivity index (χ0v) is 9.72.